The van der Waals surface area contributed by atoms with E-state index in [1.165, 1.54) is 6.92 Å². The van der Waals surface area contributed by atoms with Crippen molar-refractivity contribution in [1.29, 1.82) is 0 Å². The molecule has 1 aromatic carbocycles. The smallest absolute Gasteiger partial charge is 0.316 e. The first-order valence-corrected chi connectivity index (χ1v) is 8.11. The van der Waals surface area contributed by atoms with Crippen LogP contribution in [0.15, 0.2) is 53.2 Å². The van der Waals surface area contributed by atoms with Gasteiger partial charge in [0.15, 0.2) is 6.61 Å². The Morgan fingerprint density at radius 1 is 1.15 bits per heavy atom. The first kappa shape index (κ1) is 18.1. The Bertz CT molecular complexity index is 909. The zero-order chi connectivity index (χ0) is 19.1. The van der Waals surface area contributed by atoms with Gasteiger partial charge in [0.2, 0.25) is 11.7 Å². The zero-order valence-corrected chi connectivity index (χ0v) is 14.5. The number of carbonyl (C=O) groups excluding carboxylic acids is 2. The fraction of sp³-hybridized carbons (Fsp3) is 0.167. The van der Waals surface area contributed by atoms with Crippen molar-refractivity contribution in [2.24, 2.45) is 0 Å². The quantitative estimate of drug-likeness (QED) is 0.655. The van der Waals surface area contributed by atoms with Crippen molar-refractivity contribution in [3.05, 3.63) is 66.1 Å². The van der Waals surface area contributed by atoms with E-state index in [0.29, 0.717) is 11.4 Å². The van der Waals surface area contributed by atoms with Gasteiger partial charge in [0.25, 0.3) is 0 Å². The lowest BCUT2D eigenvalue weighted by Gasteiger charge is -2.05. The summed E-state index contributed by atoms with van der Waals surface area (Å²) in [5.41, 5.74) is 1.39. The van der Waals surface area contributed by atoms with E-state index in [9.17, 15) is 9.59 Å². The van der Waals surface area contributed by atoms with E-state index < -0.39 is 5.91 Å². The summed E-state index contributed by atoms with van der Waals surface area (Å²) in [5, 5.41) is 9.03. The molecule has 0 unspecified atom stereocenters. The number of amides is 2. The Labute approximate surface area is 154 Å². The van der Waals surface area contributed by atoms with Gasteiger partial charge in [-0.3, -0.25) is 14.6 Å². The maximum absolute atomic E-state index is 12.0. The van der Waals surface area contributed by atoms with Gasteiger partial charge >= 0.3 is 11.8 Å². The molecular weight excluding hydrogens is 350 g/mol. The molecule has 3 aromatic rings. The van der Waals surface area contributed by atoms with Crippen molar-refractivity contribution >= 4 is 17.5 Å². The highest BCUT2D eigenvalue weighted by Crippen LogP contribution is 2.16. The maximum Gasteiger partial charge on any atom is 0.316 e. The van der Waals surface area contributed by atoms with E-state index >= 15 is 0 Å². The number of anilines is 1. The van der Waals surface area contributed by atoms with Crippen molar-refractivity contribution < 1.29 is 18.8 Å². The Hall–Kier alpha value is -3.75. The number of nitrogens with zero attached hydrogens (tertiary/aromatic N) is 3. The number of hydrogen-bond donors (Lipinski definition) is 2. The summed E-state index contributed by atoms with van der Waals surface area (Å²) in [6, 6.07) is 12.2. The highest BCUT2D eigenvalue weighted by atomic mass is 16.5. The van der Waals surface area contributed by atoms with Crippen LogP contribution in [0.1, 0.15) is 29.1 Å². The van der Waals surface area contributed by atoms with Gasteiger partial charge in [-0.1, -0.05) is 11.2 Å². The summed E-state index contributed by atoms with van der Waals surface area (Å²) in [6.45, 7) is 1.73. The predicted octanol–water partition coefficient (Wildman–Crippen LogP) is 1.93. The lowest BCUT2D eigenvalue weighted by molar-refractivity contribution is -0.114. The molecule has 3 rings (SSSR count). The second kappa shape index (κ2) is 8.56. The van der Waals surface area contributed by atoms with Crippen LogP contribution in [0.4, 0.5) is 5.69 Å². The maximum atomic E-state index is 12.0. The van der Waals surface area contributed by atoms with Crippen LogP contribution in [0.25, 0.3) is 0 Å². The summed E-state index contributed by atoms with van der Waals surface area (Å²) in [7, 11) is 0. The molecule has 9 heteroatoms. The first-order valence-electron chi connectivity index (χ1n) is 8.11. The van der Waals surface area contributed by atoms with Gasteiger partial charge in [-0.25, -0.2) is 0 Å². The van der Waals surface area contributed by atoms with E-state index in [1.807, 2.05) is 6.07 Å². The van der Waals surface area contributed by atoms with E-state index in [4.69, 9.17) is 9.26 Å². The van der Waals surface area contributed by atoms with E-state index in [0.717, 1.165) is 5.69 Å². The van der Waals surface area contributed by atoms with Crippen LogP contribution in [0.2, 0.25) is 0 Å². The van der Waals surface area contributed by atoms with Crippen LogP contribution >= 0.6 is 0 Å². The average molecular weight is 367 g/mol. The van der Waals surface area contributed by atoms with Gasteiger partial charge in [0.05, 0.1) is 12.2 Å². The van der Waals surface area contributed by atoms with Crippen LogP contribution in [0.5, 0.6) is 5.75 Å². The molecule has 2 aromatic heterocycles. The Kier molecular flexibility index (Phi) is 5.73. The molecule has 0 aliphatic heterocycles. The van der Waals surface area contributed by atoms with Gasteiger partial charge in [-0.15, -0.1) is 0 Å². The van der Waals surface area contributed by atoms with Crippen LogP contribution in [0.3, 0.4) is 0 Å². The topological polar surface area (TPSA) is 119 Å². The van der Waals surface area contributed by atoms with Crippen molar-refractivity contribution in [2.45, 2.75) is 20.1 Å². The fourth-order valence-electron chi connectivity index (χ4n) is 2.14. The average Bonchev–Trinajstić information content (AvgIpc) is 3.15. The second-order valence-corrected chi connectivity index (χ2v) is 5.51. The lowest BCUT2D eigenvalue weighted by atomic mass is 10.3. The van der Waals surface area contributed by atoms with Crippen LogP contribution < -0.4 is 15.4 Å². The Morgan fingerprint density at radius 2 is 1.96 bits per heavy atom. The number of nitrogens with one attached hydrogen (secondary N) is 2. The molecule has 0 spiro atoms. The zero-order valence-electron chi connectivity index (χ0n) is 14.5. The lowest BCUT2D eigenvalue weighted by Crippen LogP contribution is -2.23. The standard InChI is InChI=1S/C18H17N5O4/c1-12(24)21-13-5-7-15(8-6-13)26-11-16-22-18(27-23-16)17(25)20-10-14-4-2-3-9-19-14/h2-9H,10-11H2,1H3,(H,20,25)(H,21,24). The largest absolute Gasteiger partial charge is 0.485 e. The molecule has 138 valence electrons. The van der Waals surface area contributed by atoms with Crippen LogP contribution in [0, 0.1) is 0 Å². The van der Waals surface area contributed by atoms with Crippen LogP contribution in [-0.4, -0.2) is 26.9 Å². The molecule has 2 amide bonds. The first-order chi connectivity index (χ1) is 13.1. The third kappa shape index (κ3) is 5.36. The molecule has 27 heavy (non-hydrogen) atoms. The molecule has 0 aliphatic carbocycles. The molecule has 9 nitrogen and oxygen atoms in total. The van der Waals surface area contributed by atoms with E-state index in [2.05, 4.69) is 25.8 Å². The number of ether oxygens (including phenoxy) is 1. The van der Waals surface area contributed by atoms with Gasteiger partial charge in [0.1, 0.15) is 5.75 Å². The third-order valence-corrected chi connectivity index (χ3v) is 3.36. The molecule has 0 saturated heterocycles. The number of rotatable bonds is 7. The summed E-state index contributed by atoms with van der Waals surface area (Å²) >= 11 is 0. The number of carbonyl (C=O) groups is 2. The van der Waals surface area contributed by atoms with Gasteiger partial charge < -0.3 is 19.9 Å². The molecule has 0 aliphatic rings. The van der Waals surface area contributed by atoms with Gasteiger partial charge in [-0.05, 0) is 36.4 Å². The molecule has 0 radical (unpaired) electrons. The third-order valence-electron chi connectivity index (χ3n) is 3.36. The SMILES string of the molecule is CC(=O)Nc1ccc(OCc2noc(C(=O)NCc3ccccn3)n2)cc1. The highest BCUT2D eigenvalue weighted by molar-refractivity contribution is 5.89. The minimum absolute atomic E-state index is 0.0382. The van der Waals surface area contributed by atoms with Crippen molar-refractivity contribution in [2.75, 3.05) is 5.32 Å². The summed E-state index contributed by atoms with van der Waals surface area (Å²) in [4.78, 5) is 31.1. The summed E-state index contributed by atoms with van der Waals surface area (Å²) in [6.07, 6.45) is 1.65. The minimum Gasteiger partial charge on any atom is -0.485 e. The molecule has 2 heterocycles. The van der Waals surface area contributed by atoms with E-state index in [1.54, 1.807) is 42.6 Å². The number of aromatic nitrogens is 3. The van der Waals surface area contributed by atoms with Crippen molar-refractivity contribution in [3.63, 3.8) is 0 Å². The summed E-state index contributed by atoms with van der Waals surface area (Å²) in [5.74, 6) is 0.0212. The van der Waals surface area contributed by atoms with Gasteiger partial charge in [-0.2, -0.15) is 4.98 Å². The summed E-state index contributed by atoms with van der Waals surface area (Å²) < 4.78 is 10.5. The monoisotopic (exact) mass is 367 g/mol. The molecule has 2 N–H and O–H groups in total. The number of benzene rings is 1. The highest BCUT2D eigenvalue weighted by Gasteiger charge is 2.15. The molecule has 0 atom stereocenters. The van der Waals surface area contributed by atoms with Crippen molar-refractivity contribution in [3.8, 4) is 5.75 Å². The predicted molar refractivity (Wildman–Crippen MR) is 94.8 cm³/mol. The Balaban J connectivity index is 1.50. The fourth-order valence-corrected chi connectivity index (χ4v) is 2.14. The Morgan fingerprint density at radius 3 is 2.67 bits per heavy atom. The molecule has 0 fully saturated rings. The minimum atomic E-state index is -0.487. The second-order valence-electron chi connectivity index (χ2n) is 5.51. The van der Waals surface area contributed by atoms with Crippen LogP contribution in [-0.2, 0) is 17.9 Å². The normalized spacial score (nSPS) is 10.3. The molecule has 0 bridgehead atoms. The number of hydrogen-bond acceptors (Lipinski definition) is 7. The number of pyridine rings is 1. The van der Waals surface area contributed by atoms with E-state index in [-0.39, 0.29) is 30.8 Å². The van der Waals surface area contributed by atoms with Gasteiger partial charge in [0, 0.05) is 18.8 Å². The molecule has 0 saturated carbocycles. The van der Waals surface area contributed by atoms with Crippen molar-refractivity contribution in [1.82, 2.24) is 20.4 Å². The molecular formula is C18H17N5O4.